The first-order valence-electron chi connectivity index (χ1n) is 6.43. The Hall–Kier alpha value is -1.42. The average Bonchev–Trinajstić information content (AvgIpc) is 2.76. The van der Waals surface area contributed by atoms with Crippen molar-refractivity contribution in [2.75, 3.05) is 19.6 Å². The van der Waals surface area contributed by atoms with E-state index >= 15 is 0 Å². The van der Waals surface area contributed by atoms with Gasteiger partial charge in [0.15, 0.2) is 0 Å². The molecule has 0 unspecified atom stereocenters. The maximum atomic E-state index is 13.0. The lowest BCUT2D eigenvalue weighted by atomic mass is 10.1. The molecule has 1 N–H and O–H groups in total. The summed E-state index contributed by atoms with van der Waals surface area (Å²) in [7, 11) is 0. The van der Waals surface area contributed by atoms with Gasteiger partial charge in [-0.2, -0.15) is 0 Å². The SMILES string of the molecule is CCN1CC[C@@H](NC(=O)Cc2cccc(F)c2)C1. The minimum Gasteiger partial charge on any atom is -0.352 e. The Kier molecular flexibility index (Phi) is 4.31. The first-order valence-corrected chi connectivity index (χ1v) is 6.43. The Balaban J connectivity index is 1.82. The molecular formula is C14H19FN2O. The number of likely N-dealkylation sites (N-methyl/N-ethyl adjacent to an activating group) is 1. The highest BCUT2D eigenvalue weighted by Gasteiger charge is 2.22. The lowest BCUT2D eigenvalue weighted by molar-refractivity contribution is -0.121. The summed E-state index contributed by atoms with van der Waals surface area (Å²) in [6.07, 6.45) is 1.25. The molecule has 0 saturated carbocycles. The smallest absolute Gasteiger partial charge is 0.224 e. The highest BCUT2D eigenvalue weighted by atomic mass is 19.1. The van der Waals surface area contributed by atoms with Gasteiger partial charge in [-0.15, -0.1) is 0 Å². The van der Waals surface area contributed by atoms with E-state index in [1.807, 2.05) is 0 Å². The summed E-state index contributed by atoms with van der Waals surface area (Å²) in [6, 6.07) is 6.44. The molecule has 0 radical (unpaired) electrons. The van der Waals surface area contributed by atoms with Crippen LogP contribution in [0.25, 0.3) is 0 Å². The van der Waals surface area contributed by atoms with Crippen molar-refractivity contribution in [3.05, 3.63) is 35.6 Å². The molecule has 1 amide bonds. The van der Waals surface area contributed by atoms with E-state index in [4.69, 9.17) is 0 Å². The van der Waals surface area contributed by atoms with Gasteiger partial charge in [-0.05, 0) is 30.7 Å². The van der Waals surface area contributed by atoms with Crippen molar-refractivity contribution in [1.82, 2.24) is 10.2 Å². The van der Waals surface area contributed by atoms with E-state index < -0.39 is 0 Å². The monoisotopic (exact) mass is 250 g/mol. The summed E-state index contributed by atoms with van der Waals surface area (Å²) < 4.78 is 13.0. The Morgan fingerprint density at radius 1 is 1.56 bits per heavy atom. The van der Waals surface area contributed by atoms with Crippen LogP contribution in [0.15, 0.2) is 24.3 Å². The number of carbonyl (C=O) groups excluding carboxylic acids is 1. The number of benzene rings is 1. The van der Waals surface area contributed by atoms with Crippen LogP contribution in [-0.4, -0.2) is 36.5 Å². The molecule has 1 aromatic rings. The fourth-order valence-corrected chi connectivity index (χ4v) is 2.35. The largest absolute Gasteiger partial charge is 0.352 e. The van der Waals surface area contributed by atoms with Crippen LogP contribution in [0.3, 0.4) is 0 Å². The van der Waals surface area contributed by atoms with Crippen LogP contribution < -0.4 is 5.32 Å². The van der Waals surface area contributed by atoms with Crippen molar-refractivity contribution in [3.63, 3.8) is 0 Å². The lowest BCUT2D eigenvalue weighted by Gasteiger charge is -2.14. The van der Waals surface area contributed by atoms with Crippen molar-refractivity contribution in [2.24, 2.45) is 0 Å². The van der Waals surface area contributed by atoms with Gasteiger partial charge < -0.3 is 10.2 Å². The molecule has 0 bridgehead atoms. The molecule has 1 saturated heterocycles. The predicted octanol–water partition coefficient (Wildman–Crippen LogP) is 1.58. The number of hydrogen-bond acceptors (Lipinski definition) is 2. The second kappa shape index (κ2) is 5.96. The van der Waals surface area contributed by atoms with Gasteiger partial charge in [0.05, 0.1) is 6.42 Å². The average molecular weight is 250 g/mol. The van der Waals surface area contributed by atoms with Crippen molar-refractivity contribution in [2.45, 2.75) is 25.8 Å². The van der Waals surface area contributed by atoms with E-state index in [1.165, 1.54) is 12.1 Å². The summed E-state index contributed by atoms with van der Waals surface area (Å²) in [5, 5.41) is 3.01. The van der Waals surface area contributed by atoms with Crippen molar-refractivity contribution in [1.29, 1.82) is 0 Å². The number of nitrogens with one attached hydrogen (secondary N) is 1. The van der Waals surface area contributed by atoms with Gasteiger partial charge in [0.1, 0.15) is 5.82 Å². The van der Waals surface area contributed by atoms with Crippen LogP contribution in [0.4, 0.5) is 4.39 Å². The number of carbonyl (C=O) groups is 1. The number of halogens is 1. The normalized spacial score (nSPS) is 20.0. The molecule has 18 heavy (non-hydrogen) atoms. The second-order valence-electron chi connectivity index (χ2n) is 4.75. The quantitative estimate of drug-likeness (QED) is 0.880. The topological polar surface area (TPSA) is 32.3 Å². The van der Waals surface area contributed by atoms with E-state index in [-0.39, 0.29) is 24.2 Å². The molecule has 1 fully saturated rings. The van der Waals surface area contributed by atoms with Gasteiger partial charge >= 0.3 is 0 Å². The standard InChI is InChI=1S/C14H19FN2O/c1-2-17-7-6-13(10-17)16-14(18)9-11-4-3-5-12(15)8-11/h3-5,8,13H,2,6-7,9-10H2,1H3,(H,16,18)/t13-/m1/s1. The zero-order valence-electron chi connectivity index (χ0n) is 10.7. The Labute approximate surface area is 107 Å². The Morgan fingerprint density at radius 3 is 3.06 bits per heavy atom. The van der Waals surface area contributed by atoms with Crippen LogP contribution in [0, 0.1) is 5.82 Å². The molecule has 4 heteroatoms. The maximum Gasteiger partial charge on any atom is 0.224 e. The Morgan fingerprint density at radius 2 is 2.39 bits per heavy atom. The summed E-state index contributed by atoms with van der Waals surface area (Å²) in [6.45, 7) is 5.11. The molecule has 3 nitrogen and oxygen atoms in total. The summed E-state index contributed by atoms with van der Waals surface area (Å²) in [4.78, 5) is 14.1. The molecule has 0 aliphatic carbocycles. The number of hydrogen-bond donors (Lipinski definition) is 1. The van der Waals surface area contributed by atoms with Crippen molar-refractivity contribution in [3.8, 4) is 0 Å². The predicted molar refractivity (Wildman–Crippen MR) is 68.8 cm³/mol. The van der Waals surface area contributed by atoms with E-state index in [1.54, 1.807) is 12.1 Å². The summed E-state index contributed by atoms with van der Waals surface area (Å²) in [5.41, 5.74) is 0.720. The number of rotatable bonds is 4. The molecular weight excluding hydrogens is 231 g/mol. The van der Waals surface area contributed by atoms with Crippen LogP contribution in [0.2, 0.25) is 0 Å². The third kappa shape index (κ3) is 3.53. The highest BCUT2D eigenvalue weighted by Crippen LogP contribution is 2.09. The Bertz CT molecular complexity index is 422. The molecule has 0 spiro atoms. The fourth-order valence-electron chi connectivity index (χ4n) is 2.35. The van der Waals surface area contributed by atoms with Gasteiger partial charge in [0.25, 0.3) is 0 Å². The van der Waals surface area contributed by atoms with E-state index in [0.717, 1.165) is 31.6 Å². The minimum atomic E-state index is -0.293. The molecule has 1 atom stereocenters. The number of amides is 1. The van der Waals surface area contributed by atoms with E-state index in [2.05, 4.69) is 17.1 Å². The van der Waals surface area contributed by atoms with Crippen LogP contribution in [-0.2, 0) is 11.2 Å². The first-order chi connectivity index (χ1) is 8.67. The summed E-state index contributed by atoms with van der Waals surface area (Å²) >= 11 is 0. The van der Waals surface area contributed by atoms with Gasteiger partial charge in [-0.1, -0.05) is 19.1 Å². The lowest BCUT2D eigenvalue weighted by Crippen LogP contribution is -2.37. The highest BCUT2D eigenvalue weighted by molar-refractivity contribution is 5.78. The molecule has 2 rings (SSSR count). The molecule has 1 heterocycles. The van der Waals surface area contributed by atoms with E-state index in [9.17, 15) is 9.18 Å². The van der Waals surface area contributed by atoms with Gasteiger partial charge in [-0.3, -0.25) is 4.79 Å². The van der Waals surface area contributed by atoms with E-state index in [0.29, 0.717) is 0 Å². The third-order valence-electron chi connectivity index (χ3n) is 3.34. The number of nitrogens with zero attached hydrogens (tertiary/aromatic N) is 1. The minimum absolute atomic E-state index is 0.0245. The molecule has 0 aromatic heterocycles. The van der Waals surface area contributed by atoms with Crippen molar-refractivity contribution < 1.29 is 9.18 Å². The van der Waals surface area contributed by atoms with Crippen LogP contribution in [0.5, 0.6) is 0 Å². The molecule has 98 valence electrons. The maximum absolute atomic E-state index is 13.0. The summed E-state index contributed by atoms with van der Waals surface area (Å²) in [5.74, 6) is -0.318. The molecule has 1 aromatic carbocycles. The zero-order chi connectivity index (χ0) is 13.0. The molecule has 1 aliphatic rings. The molecule has 1 aliphatic heterocycles. The van der Waals surface area contributed by atoms with Gasteiger partial charge in [0.2, 0.25) is 5.91 Å². The fraction of sp³-hybridized carbons (Fsp3) is 0.500. The second-order valence-corrected chi connectivity index (χ2v) is 4.75. The van der Waals surface area contributed by atoms with Crippen molar-refractivity contribution >= 4 is 5.91 Å². The van der Waals surface area contributed by atoms with Crippen LogP contribution >= 0.6 is 0 Å². The van der Waals surface area contributed by atoms with Crippen LogP contribution in [0.1, 0.15) is 18.9 Å². The third-order valence-corrected chi connectivity index (χ3v) is 3.34. The first kappa shape index (κ1) is 13.0. The van der Waals surface area contributed by atoms with Gasteiger partial charge in [-0.25, -0.2) is 4.39 Å². The number of likely N-dealkylation sites (tertiary alicyclic amines) is 1. The zero-order valence-corrected chi connectivity index (χ0v) is 10.7. The van der Waals surface area contributed by atoms with Gasteiger partial charge in [0, 0.05) is 19.1 Å².